The Balaban J connectivity index is 1.10. The first kappa shape index (κ1) is 28.8. The number of benzene rings is 1. The number of para-hydroxylation sites is 1. The topological polar surface area (TPSA) is 157 Å². The van der Waals surface area contributed by atoms with Gasteiger partial charge >= 0.3 is 5.97 Å². The SMILES string of the molecule is C[C@]12CC[C@H]3[C@@H](CC[C@@]4(O)C[C@H](O)CC[C@]34/C=N\NC(=O)c3cc4c(cn3)[nH]c3ccccc34)[C@]1(O)CC[C@@H]2C1=CC(=O)OC1. The zero-order valence-corrected chi connectivity index (χ0v) is 25.5. The molecule has 10 nitrogen and oxygen atoms in total. The molecule has 1 aromatic carbocycles. The number of aliphatic hydroxyl groups is 3. The third kappa shape index (κ3) is 4.04. The van der Waals surface area contributed by atoms with Gasteiger partial charge in [-0.05, 0) is 86.8 Å². The van der Waals surface area contributed by atoms with Crippen molar-refractivity contribution in [3.8, 4) is 0 Å². The molecular weight excluding hydrogens is 572 g/mol. The van der Waals surface area contributed by atoms with Crippen molar-refractivity contribution in [2.45, 2.75) is 82.0 Å². The number of amides is 1. The molecule has 0 spiro atoms. The average molecular weight is 613 g/mol. The summed E-state index contributed by atoms with van der Waals surface area (Å²) in [6, 6.07) is 9.65. The molecule has 1 aliphatic heterocycles. The maximum absolute atomic E-state index is 13.3. The molecule has 0 radical (unpaired) electrons. The molecule has 4 fully saturated rings. The molecule has 0 unspecified atom stereocenters. The number of carbonyl (C=O) groups excluding carboxylic acids is 2. The normalized spacial score (nSPS) is 39.4. The minimum atomic E-state index is -1.21. The van der Waals surface area contributed by atoms with E-state index in [1.54, 1.807) is 24.6 Å². The zero-order valence-electron chi connectivity index (χ0n) is 25.5. The van der Waals surface area contributed by atoms with Gasteiger partial charge in [0.15, 0.2) is 0 Å². The quantitative estimate of drug-likeness (QED) is 0.168. The molecule has 2 aromatic heterocycles. The van der Waals surface area contributed by atoms with Crippen molar-refractivity contribution < 1.29 is 29.6 Å². The third-order valence-corrected chi connectivity index (χ3v) is 12.7. The van der Waals surface area contributed by atoms with Crippen LogP contribution in [0.5, 0.6) is 0 Å². The minimum Gasteiger partial charge on any atom is -0.458 e. The fraction of sp³-hybridized carbons (Fsp3) is 0.543. The van der Waals surface area contributed by atoms with E-state index in [9.17, 15) is 24.9 Å². The number of ether oxygens (including phenoxy) is 1. The lowest BCUT2D eigenvalue weighted by atomic mass is 9.41. The van der Waals surface area contributed by atoms with E-state index in [-0.39, 0.29) is 35.8 Å². The average Bonchev–Trinajstić information content (AvgIpc) is 3.69. The number of aliphatic hydroxyl groups excluding tert-OH is 1. The molecular formula is C35H40N4O6. The van der Waals surface area contributed by atoms with Crippen LogP contribution in [-0.2, 0) is 9.53 Å². The zero-order chi connectivity index (χ0) is 31.2. The molecule has 4 aliphatic carbocycles. The number of rotatable bonds is 4. The summed E-state index contributed by atoms with van der Waals surface area (Å²) in [5.41, 5.74) is 2.27. The summed E-state index contributed by atoms with van der Waals surface area (Å²) < 4.78 is 5.26. The number of hydrogen-bond acceptors (Lipinski definition) is 8. The van der Waals surface area contributed by atoms with Crippen LogP contribution in [0.15, 0.2) is 53.3 Å². The number of hydrogen-bond donors (Lipinski definition) is 5. The van der Waals surface area contributed by atoms with Crippen molar-refractivity contribution in [3.63, 3.8) is 0 Å². The van der Waals surface area contributed by atoms with Crippen LogP contribution in [0, 0.1) is 28.6 Å². The molecule has 3 heterocycles. The van der Waals surface area contributed by atoms with Crippen molar-refractivity contribution in [2.75, 3.05) is 6.61 Å². The summed E-state index contributed by atoms with van der Waals surface area (Å²) in [6.07, 6.45) is 9.58. The van der Waals surface area contributed by atoms with Gasteiger partial charge in [0.25, 0.3) is 5.91 Å². The van der Waals surface area contributed by atoms with E-state index in [0.717, 1.165) is 46.6 Å². The lowest BCUT2D eigenvalue weighted by molar-refractivity contribution is -0.237. The summed E-state index contributed by atoms with van der Waals surface area (Å²) >= 11 is 0. The Morgan fingerprint density at radius 3 is 2.71 bits per heavy atom. The number of H-pyrrole nitrogens is 1. The van der Waals surface area contributed by atoms with Gasteiger partial charge in [-0.25, -0.2) is 15.2 Å². The summed E-state index contributed by atoms with van der Waals surface area (Å²) in [5, 5.41) is 41.9. The van der Waals surface area contributed by atoms with Crippen molar-refractivity contribution in [3.05, 3.63) is 53.9 Å². The van der Waals surface area contributed by atoms with Gasteiger partial charge < -0.3 is 25.0 Å². The number of carbonyl (C=O) groups is 2. The molecule has 0 bridgehead atoms. The number of fused-ring (bicyclic) bond motifs is 8. The summed E-state index contributed by atoms with van der Waals surface area (Å²) in [5.74, 6) is -0.873. The second kappa shape index (κ2) is 9.95. The number of nitrogens with one attached hydrogen (secondary N) is 2. The van der Waals surface area contributed by atoms with Crippen LogP contribution in [0.2, 0.25) is 0 Å². The fourth-order valence-electron chi connectivity index (χ4n) is 10.5. The smallest absolute Gasteiger partial charge is 0.331 e. The predicted molar refractivity (Wildman–Crippen MR) is 167 cm³/mol. The highest BCUT2D eigenvalue weighted by Crippen LogP contribution is 2.70. The Morgan fingerprint density at radius 2 is 1.89 bits per heavy atom. The highest BCUT2D eigenvalue weighted by atomic mass is 16.5. The van der Waals surface area contributed by atoms with Gasteiger partial charge in [0.1, 0.15) is 12.3 Å². The maximum atomic E-state index is 13.3. The first-order valence-corrected chi connectivity index (χ1v) is 16.3. The second-order valence-corrected chi connectivity index (χ2v) is 14.5. The molecule has 0 saturated heterocycles. The standard InChI is InChI=1S/C35H40N4O6/c1-32-10-7-25-26(35(32,44)13-9-24(32)20-14-30(41)45-18-20)8-12-34(43)16-21(40)6-11-33(25,34)19-37-39-31(42)28-15-23-22-4-2-3-5-27(22)38-29(23)17-36-28/h2-5,14-15,17,19,21,24-26,38,40,43-44H,6-13,16,18H2,1H3,(H,39,42)/b37-19-/t21-,24-,25+,26-,32-,33+,34-,35-/m1/s1. The fourth-order valence-corrected chi connectivity index (χ4v) is 10.5. The van der Waals surface area contributed by atoms with Crippen LogP contribution in [0.3, 0.4) is 0 Å². The Labute approximate surface area is 260 Å². The molecule has 10 heteroatoms. The molecule has 4 saturated carbocycles. The van der Waals surface area contributed by atoms with Crippen LogP contribution < -0.4 is 5.43 Å². The molecule has 5 aliphatic rings. The predicted octanol–water partition coefficient (Wildman–Crippen LogP) is 4.14. The van der Waals surface area contributed by atoms with Crippen LogP contribution in [-0.4, -0.2) is 67.3 Å². The number of esters is 1. The number of aromatic nitrogens is 2. The Bertz CT molecular complexity index is 1780. The first-order chi connectivity index (χ1) is 21.6. The van der Waals surface area contributed by atoms with E-state index < -0.39 is 34.0 Å². The first-order valence-electron chi connectivity index (χ1n) is 16.3. The highest BCUT2D eigenvalue weighted by molar-refractivity contribution is 6.09. The van der Waals surface area contributed by atoms with E-state index in [1.165, 1.54) is 0 Å². The monoisotopic (exact) mass is 612 g/mol. The van der Waals surface area contributed by atoms with Gasteiger partial charge in [0, 0.05) is 45.8 Å². The van der Waals surface area contributed by atoms with Gasteiger partial charge in [0.2, 0.25) is 0 Å². The largest absolute Gasteiger partial charge is 0.458 e. The Hall–Kier alpha value is -3.60. The van der Waals surface area contributed by atoms with Gasteiger partial charge in [-0.1, -0.05) is 25.1 Å². The van der Waals surface area contributed by atoms with Gasteiger partial charge in [-0.15, -0.1) is 0 Å². The van der Waals surface area contributed by atoms with Crippen LogP contribution in [0.1, 0.15) is 75.2 Å². The Kier molecular flexibility index (Phi) is 6.38. The molecule has 3 aromatic rings. The maximum Gasteiger partial charge on any atom is 0.331 e. The lowest BCUT2D eigenvalue weighted by Crippen LogP contribution is -2.68. The van der Waals surface area contributed by atoms with Gasteiger partial charge in [0.05, 0.1) is 29.0 Å². The van der Waals surface area contributed by atoms with Gasteiger partial charge in [-0.3, -0.25) is 4.79 Å². The molecule has 8 rings (SSSR count). The molecule has 5 N–H and O–H groups in total. The highest BCUT2D eigenvalue weighted by Gasteiger charge is 2.71. The van der Waals surface area contributed by atoms with Crippen LogP contribution in [0.4, 0.5) is 0 Å². The lowest BCUT2D eigenvalue weighted by Gasteiger charge is -2.65. The van der Waals surface area contributed by atoms with Crippen LogP contribution >= 0.6 is 0 Å². The Morgan fingerprint density at radius 1 is 1.07 bits per heavy atom. The number of aromatic amines is 1. The van der Waals surface area contributed by atoms with E-state index in [2.05, 4.69) is 27.4 Å². The summed E-state index contributed by atoms with van der Waals surface area (Å²) in [4.78, 5) is 32.9. The molecule has 8 atom stereocenters. The van der Waals surface area contributed by atoms with Crippen molar-refractivity contribution >= 4 is 39.9 Å². The number of nitrogens with zero attached hydrogens (tertiary/aromatic N) is 2. The van der Waals surface area contributed by atoms with E-state index in [0.29, 0.717) is 38.7 Å². The van der Waals surface area contributed by atoms with Crippen LogP contribution in [0.25, 0.3) is 21.8 Å². The van der Waals surface area contributed by atoms with Crippen molar-refractivity contribution in [1.82, 2.24) is 15.4 Å². The second-order valence-electron chi connectivity index (χ2n) is 14.5. The van der Waals surface area contributed by atoms with E-state index in [4.69, 9.17) is 4.74 Å². The summed E-state index contributed by atoms with van der Waals surface area (Å²) in [6.45, 7) is 2.45. The number of hydrazone groups is 1. The number of cyclic esters (lactones) is 1. The van der Waals surface area contributed by atoms with E-state index in [1.807, 2.05) is 24.3 Å². The number of pyridine rings is 1. The minimum absolute atomic E-state index is 0.0646. The third-order valence-electron chi connectivity index (χ3n) is 12.7. The van der Waals surface area contributed by atoms with Crippen molar-refractivity contribution in [2.24, 2.45) is 33.7 Å². The van der Waals surface area contributed by atoms with E-state index >= 15 is 0 Å². The molecule has 45 heavy (non-hydrogen) atoms. The molecule has 236 valence electrons. The molecule has 1 amide bonds. The summed E-state index contributed by atoms with van der Waals surface area (Å²) in [7, 11) is 0. The van der Waals surface area contributed by atoms with Gasteiger partial charge in [-0.2, -0.15) is 5.10 Å². The van der Waals surface area contributed by atoms with Crippen molar-refractivity contribution in [1.29, 1.82) is 0 Å².